The van der Waals surface area contributed by atoms with Crippen molar-refractivity contribution in [1.29, 1.82) is 0 Å². The van der Waals surface area contributed by atoms with Gasteiger partial charge in [-0.05, 0) is 43.0 Å². The van der Waals surface area contributed by atoms with Crippen molar-refractivity contribution in [1.82, 2.24) is 14.9 Å². The standard InChI is InChI=1S/C25H28N4O2/c1-2-17-7-3-6-10-22(17)29-16-19(15-23(29)30)25(31)28-13-11-18(12-14-28)24-26-20-8-4-5-9-21(20)27-24/h3-10,18-19H,2,11-16H2,1H3,(H,26,27)/t19-/m0/s1. The number of hydrogen-bond donors (Lipinski definition) is 1. The number of anilines is 1. The molecule has 1 N–H and O–H groups in total. The lowest BCUT2D eigenvalue weighted by molar-refractivity contribution is -0.136. The minimum absolute atomic E-state index is 0.0522. The molecule has 2 saturated heterocycles. The highest BCUT2D eigenvalue weighted by Gasteiger charge is 2.38. The predicted molar refractivity (Wildman–Crippen MR) is 121 cm³/mol. The monoisotopic (exact) mass is 416 g/mol. The van der Waals surface area contributed by atoms with E-state index in [1.807, 2.05) is 52.3 Å². The van der Waals surface area contributed by atoms with Crippen LogP contribution in [0.15, 0.2) is 48.5 Å². The smallest absolute Gasteiger partial charge is 0.228 e. The third-order valence-electron chi connectivity index (χ3n) is 6.74. The zero-order valence-electron chi connectivity index (χ0n) is 17.9. The van der Waals surface area contributed by atoms with Crippen LogP contribution in [0.1, 0.15) is 43.5 Å². The summed E-state index contributed by atoms with van der Waals surface area (Å²) in [5.74, 6) is 1.28. The highest BCUT2D eigenvalue weighted by atomic mass is 16.2. The van der Waals surface area contributed by atoms with Gasteiger partial charge in [-0.15, -0.1) is 0 Å². The van der Waals surface area contributed by atoms with E-state index in [2.05, 4.69) is 18.0 Å². The van der Waals surface area contributed by atoms with E-state index >= 15 is 0 Å². The second kappa shape index (κ2) is 8.17. The van der Waals surface area contributed by atoms with Gasteiger partial charge in [0.2, 0.25) is 11.8 Å². The van der Waals surface area contributed by atoms with Gasteiger partial charge in [0.25, 0.3) is 0 Å². The number of benzene rings is 2. The van der Waals surface area contributed by atoms with E-state index in [1.54, 1.807) is 0 Å². The molecule has 0 aliphatic carbocycles. The molecule has 6 nitrogen and oxygen atoms in total. The summed E-state index contributed by atoms with van der Waals surface area (Å²) < 4.78 is 0. The van der Waals surface area contributed by atoms with Crippen molar-refractivity contribution in [2.24, 2.45) is 5.92 Å². The van der Waals surface area contributed by atoms with Crippen LogP contribution >= 0.6 is 0 Å². The third-order valence-corrected chi connectivity index (χ3v) is 6.74. The Bertz CT molecular complexity index is 1080. The lowest BCUT2D eigenvalue weighted by Crippen LogP contribution is -2.42. The van der Waals surface area contributed by atoms with Gasteiger partial charge in [0.1, 0.15) is 5.82 Å². The Morgan fingerprint density at radius 2 is 1.84 bits per heavy atom. The summed E-state index contributed by atoms with van der Waals surface area (Å²) in [4.78, 5) is 37.8. The quantitative estimate of drug-likeness (QED) is 0.702. The first kappa shape index (κ1) is 19.8. The van der Waals surface area contributed by atoms with E-state index in [0.29, 0.717) is 18.9 Å². The number of aryl methyl sites for hydroxylation is 1. The number of H-pyrrole nitrogens is 1. The fourth-order valence-corrected chi connectivity index (χ4v) is 4.98. The minimum atomic E-state index is -0.250. The first-order chi connectivity index (χ1) is 15.1. The molecule has 0 saturated carbocycles. The molecule has 1 atom stereocenters. The molecule has 0 unspecified atom stereocenters. The van der Waals surface area contributed by atoms with Crippen molar-refractivity contribution in [2.45, 2.75) is 38.5 Å². The molecule has 6 heteroatoms. The van der Waals surface area contributed by atoms with Crippen molar-refractivity contribution >= 4 is 28.5 Å². The summed E-state index contributed by atoms with van der Waals surface area (Å²) in [5.41, 5.74) is 4.16. The Balaban J connectivity index is 1.23. The lowest BCUT2D eigenvalue weighted by atomic mass is 9.95. The largest absolute Gasteiger partial charge is 0.342 e. The van der Waals surface area contributed by atoms with Crippen molar-refractivity contribution in [2.75, 3.05) is 24.5 Å². The number of imidazole rings is 1. The van der Waals surface area contributed by atoms with E-state index in [0.717, 1.165) is 60.5 Å². The summed E-state index contributed by atoms with van der Waals surface area (Å²) in [6.45, 7) is 4.01. The molecule has 5 rings (SSSR count). The highest BCUT2D eigenvalue weighted by Crippen LogP contribution is 2.32. The SMILES string of the molecule is CCc1ccccc1N1C[C@@H](C(=O)N2CCC(c3nc4ccccc4[nH]3)CC2)CC1=O. The number of carbonyl (C=O) groups excluding carboxylic acids is 2. The molecule has 31 heavy (non-hydrogen) atoms. The van der Waals surface area contributed by atoms with Crippen LogP contribution < -0.4 is 4.90 Å². The second-order valence-corrected chi connectivity index (χ2v) is 8.63. The number of amides is 2. The number of rotatable bonds is 4. The fourth-order valence-electron chi connectivity index (χ4n) is 4.98. The van der Waals surface area contributed by atoms with Crippen LogP contribution in [0, 0.1) is 5.92 Å². The molecule has 160 valence electrons. The molecular weight excluding hydrogens is 388 g/mol. The van der Waals surface area contributed by atoms with E-state index in [-0.39, 0.29) is 17.7 Å². The van der Waals surface area contributed by atoms with Gasteiger partial charge in [-0.25, -0.2) is 4.98 Å². The van der Waals surface area contributed by atoms with Crippen LogP contribution in [0.3, 0.4) is 0 Å². The molecule has 2 amide bonds. The molecular formula is C25H28N4O2. The number of nitrogens with zero attached hydrogens (tertiary/aromatic N) is 3. The maximum absolute atomic E-state index is 13.2. The topological polar surface area (TPSA) is 69.3 Å². The molecule has 2 aliphatic heterocycles. The Morgan fingerprint density at radius 3 is 2.61 bits per heavy atom. The summed E-state index contributed by atoms with van der Waals surface area (Å²) in [5, 5.41) is 0. The van der Waals surface area contributed by atoms with Gasteiger partial charge in [0.05, 0.1) is 17.0 Å². The molecule has 2 aliphatic rings. The first-order valence-corrected chi connectivity index (χ1v) is 11.3. The van der Waals surface area contributed by atoms with Gasteiger partial charge >= 0.3 is 0 Å². The molecule has 1 aromatic heterocycles. The first-order valence-electron chi connectivity index (χ1n) is 11.3. The number of carbonyl (C=O) groups is 2. The van der Waals surface area contributed by atoms with Gasteiger partial charge in [-0.1, -0.05) is 37.3 Å². The number of piperidine rings is 1. The number of nitrogens with one attached hydrogen (secondary N) is 1. The number of hydrogen-bond acceptors (Lipinski definition) is 3. The zero-order valence-corrected chi connectivity index (χ0v) is 17.9. The molecule has 0 spiro atoms. The molecule has 3 heterocycles. The van der Waals surface area contributed by atoms with E-state index in [4.69, 9.17) is 4.98 Å². The Hall–Kier alpha value is -3.15. The number of para-hydroxylation sites is 3. The molecule has 0 radical (unpaired) electrons. The van der Waals surface area contributed by atoms with Crippen LogP contribution in [0.25, 0.3) is 11.0 Å². The van der Waals surface area contributed by atoms with E-state index < -0.39 is 0 Å². The normalized spacial score (nSPS) is 20.0. The maximum atomic E-state index is 13.2. The maximum Gasteiger partial charge on any atom is 0.228 e. The van der Waals surface area contributed by atoms with Crippen molar-refractivity contribution in [3.63, 3.8) is 0 Å². The lowest BCUT2D eigenvalue weighted by Gasteiger charge is -2.32. The summed E-state index contributed by atoms with van der Waals surface area (Å²) in [6, 6.07) is 16.1. The Morgan fingerprint density at radius 1 is 1.10 bits per heavy atom. The number of aromatic amines is 1. The molecule has 2 fully saturated rings. The van der Waals surface area contributed by atoms with Crippen LogP contribution in [0.4, 0.5) is 5.69 Å². The van der Waals surface area contributed by atoms with E-state index in [1.165, 1.54) is 0 Å². The Kier molecular flexibility index (Phi) is 5.22. The van der Waals surface area contributed by atoms with Gasteiger partial charge in [0.15, 0.2) is 0 Å². The summed E-state index contributed by atoms with van der Waals surface area (Å²) >= 11 is 0. The average Bonchev–Trinajstić information content (AvgIpc) is 3.42. The molecule has 3 aromatic rings. The highest BCUT2D eigenvalue weighted by molar-refractivity contribution is 6.00. The minimum Gasteiger partial charge on any atom is -0.342 e. The van der Waals surface area contributed by atoms with Crippen LogP contribution in [0.2, 0.25) is 0 Å². The Labute approximate surface area is 182 Å². The number of fused-ring (bicyclic) bond motifs is 1. The zero-order chi connectivity index (χ0) is 21.4. The average molecular weight is 417 g/mol. The van der Waals surface area contributed by atoms with Crippen molar-refractivity contribution < 1.29 is 9.59 Å². The fraction of sp³-hybridized carbons (Fsp3) is 0.400. The van der Waals surface area contributed by atoms with Crippen LogP contribution in [-0.4, -0.2) is 46.3 Å². The van der Waals surface area contributed by atoms with Gasteiger partial charge in [0, 0.05) is 37.7 Å². The number of aromatic nitrogens is 2. The van der Waals surface area contributed by atoms with Gasteiger partial charge < -0.3 is 14.8 Å². The third kappa shape index (κ3) is 3.71. The predicted octanol–water partition coefficient (Wildman–Crippen LogP) is 3.88. The van der Waals surface area contributed by atoms with Crippen molar-refractivity contribution in [3.8, 4) is 0 Å². The van der Waals surface area contributed by atoms with Gasteiger partial charge in [-0.2, -0.15) is 0 Å². The second-order valence-electron chi connectivity index (χ2n) is 8.63. The summed E-state index contributed by atoms with van der Waals surface area (Å²) in [6.07, 6.45) is 2.97. The summed E-state index contributed by atoms with van der Waals surface area (Å²) in [7, 11) is 0. The number of likely N-dealkylation sites (tertiary alicyclic amines) is 1. The van der Waals surface area contributed by atoms with Crippen LogP contribution in [-0.2, 0) is 16.0 Å². The van der Waals surface area contributed by atoms with Crippen LogP contribution in [0.5, 0.6) is 0 Å². The van der Waals surface area contributed by atoms with Gasteiger partial charge in [-0.3, -0.25) is 9.59 Å². The molecule has 2 aromatic carbocycles. The molecule has 0 bridgehead atoms. The van der Waals surface area contributed by atoms with Crippen molar-refractivity contribution in [3.05, 3.63) is 59.9 Å². The van der Waals surface area contributed by atoms with E-state index in [9.17, 15) is 9.59 Å².